The van der Waals surface area contributed by atoms with Crippen molar-refractivity contribution in [3.05, 3.63) is 57.5 Å². The molecule has 0 spiro atoms. The van der Waals surface area contributed by atoms with Crippen LogP contribution in [0, 0.1) is 11.8 Å². The fourth-order valence-electron chi connectivity index (χ4n) is 2.21. The van der Waals surface area contributed by atoms with Gasteiger partial charge in [-0.05, 0) is 31.2 Å². The van der Waals surface area contributed by atoms with Crippen molar-refractivity contribution < 1.29 is 4.74 Å². The summed E-state index contributed by atoms with van der Waals surface area (Å²) < 4.78 is 8.92. The van der Waals surface area contributed by atoms with Gasteiger partial charge in [-0.1, -0.05) is 5.92 Å². The van der Waals surface area contributed by atoms with E-state index < -0.39 is 0 Å². The van der Waals surface area contributed by atoms with Gasteiger partial charge < -0.3 is 4.74 Å². The Labute approximate surface area is 131 Å². The highest BCUT2D eigenvalue weighted by Crippen LogP contribution is 2.13. The summed E-state index contributed by atoms with van der Waals surface area (Å²) in [4.78, 5) is 24.7. The normalized spacial score (nSPS) is 10.3. The van der Waals surface area contributed by atoms with Crippen LogP contribution in [0.3, 0.4) is 0 Å². The second kappa shape index (κ2) is 5.85. The van der Waals surface area contributed by atoms with Crippen molar-refractivity contribution in [3.63, 3.8) is 0 Å². The lowest BCUT2D eigenvalue weighted by molar-refractivity contribution is 0.414. The van der Waals surface area contributed by atoms with Crippen molar-refractivity contribution in [3.8, 4) is 23.3 Å². The second-order valence-corrected chi connectivity index (χ2v) is 4.73. The van der Waals surface area contributed by atoms with Gasteiger partial charge in [-0.2, -0.15) is 0 Å². The number of benzene rings is 1. The molecule has 2 aromatic heterocycles. The highest BCUT2D eigenvalue weighted by atomic mass is 16.5. The molecular weight excluding hydrogens is 296 g/mol. The van der Waals surface area contributed by atoms with E-state index in [1.54, 1.807) is 38.3 Å². The van der Waals surface area contributed by atoms with Gasteiger partial charge in [0.2, 0.25) is 5.65 Å². The van der Waals surface area contributed by atoms with Crippen LogP contribution in [0.4, 0.5) is 0 Å². The molecule has 0 amide bonds. The van der Waals surface area contributed by atoms with E-state index in [0.717, 1.165) is 0 Å². The third kappa shape index (κ3) is 2.51. The zero-order valence-corrected chi connectivity index (χ0v) is 12.7. The Morgan fingerprint density at radius 2 is 1.91 bits per heavy atom. The molecule has 0 bridgehead atoms. The molecule has 0 aliphatic rings. The smallest absolute Gasteiger partial charge is 0.351 e. The molecule has 0 aliphatic carbocycles. The second-order valence-electron chi connectivity index (χ2n) is 4.73. The minimum absolute atomic E-state index is 0.0613. The summed E-state index contributed by atoms with van der Waals surface area (Å²) in [6.45, 7) is 1.83. The molecule has 3 rings (SSSR count). The van der Waals surface area contributed by atoms with Crippen LogP contribution in [0.15, 0.2) is 46.2 Å². The maximum absolute atomic E-state index is 12.6. The van der Waals surface area contributed by atoms with Crippen LogP contribution in [0.2, 0.25) is 0 Å². The van der Waals surface area contributed by atoms with E-state index >= 15 is 0 Å². The summed E-state index contributed by atoms with van der Waals surface area (Å²) in [7, 11) is 1.57. The van der Waals surface area contributed by atoms with Gasteiger partial charge in [0.25, 0.3) is 0 Å². The Bertz CT molecular complexity index is 1030. The minimum atomic E-state index is -0.387. The molecule has 116 valence electrons. The number of hydrogen-bond acceptors (Lipinski definition) is 4. The van der Waals surface area contributed by atoms with E-state index in [-0.39, 0.29) is 23.4 Å². The first kappa shape index (κ1) is 14.7. The van der Waals surface area contributed by atoms with Gasteiger partial charge in [-0.25, -0.2) is 13.9 Å². The molecule has 3 aromatic rings. The molecule has 0 atom stereocenters. The van der Waals surface area contributed by atoms with E-state index in [0.29, 0.717) is 11.4 Å². The zero-order chi connectivity index (χ0) is 16.4. The zero-order valence-electron chi connectivity index (χ0n) is 12.7. The Morgan fingerprint density at radius 3 is 2.57 bits per heavy atom. The summed E-state index contributed by atoms with van der Waals surface area (Å²) in [5, 5.41) is 4.08. The molecular formula is C16H14N4O3. The largest absolute Gasteiger partial charge is 0.497 e. The van der Waals surface area contributed by atoms with Gasteiger partial charge in [0.1, 0.15) is 12.3 Å². The van der Waals surface area contributed by atoms with Crippen LogP contribution in [0.1, 0.15) is 6.92 Å². The lowest BCUT2D eigenvalue weighted by atomic mass is 10.3. The van der Waals surface area contributed by atoms with Gasteiger partial charge in [0, 0.05) is 18.1 Å². The van der Waals surface area contributed by atoms with Crippen molar-refractivity contribution in [1.82, 2.24) is 18.7 Å². The molecule has 0 radical (unpaired) electrons. The van der Waals surface area contributed by atoms with Crippen LogP contribution < -0.4 is 16.0 Å². The van der Waals surface area contributed by atoms with E-state index in [1.165, 1.54) is 26.0 Å². The summed E-state index contributed by atoms with van der Waals surface area (Å²) in [5.41, 5.74) is -0.0421. The van der Waals surface area contributed by atoms with Gasteiger partial charge >= 0.3 is 11.2 Å². The number of ether oxygens (including phenoxy) is 1. The predicted molar refractivity (Wildman–Crippen MR) is 85.1 cm³/mol. The summed E-state index contributed by atoms with van der Waals surface area (Å²) in [6, 6.07) is 7.03. The van der Waals surface area contributed by atoms with Crippen LogP contribution >= 0.6 is 0 Å². The maximum Gasteiger partial charge on any atom is 0.351 e. The molecule has 7 nitrogen and oxygen atoms in total. The van der Waals surface area contributed by atoms with Crippen molar-refractivity contribution in [2.75, 3.05) is 7.11 Å². The predicted octanol–water partition coefficient (Wildman–Crippen LogP) is 0.679. The summed E-state index contributed by atoms with van der Waals surface area (Å²) in [5.74, 6) is 6.15. The number of rotatable bonds is 3. The quantitative estimate of drug-likeness (QED) is 0.667. The van der Waals surface area contributed by atoms with E-state index in [4.69, 9.17) is 4.74 Å². The number of hydrogen-bond donors (Lipinski definition) is 0. The molecule has 7 heteroatoms. The SMILES string of the molecule is CC#CCn1nc2c(=O)n(-c3ccc(OC)cc3)ccn2c1=O. The number of aromatic nitrogens is 4. The fourth-order valence-corrected chi connectivity index (χ4v) is 2.21. The lowest BCUT2D eigenvalue weighted by Gasteiger charge is -2.06. The highest BCUT2D eigenvalue weighted by Gasteiger charge is 2.12. The van der Waals surface area contributed by atoms with Gasteiger partial charge in [0.15, 0.2) is 0 Å². The molecule has 2 heterocycles. The highest BCUT2D eigenvalue weighted by molar-refractivity contribution is 5.42. The summed E-state index contributed by atoms with van der Waals surface area (Å²) in [6.07, 6.45) is 3.06. The average molecular weight is 310 g/mol. The molecule has 1 aromatic carbocycles. The maximum atomic E-state index is 12.6. The van der Waals surface area contributed by atoms with E-state index in [9.17, 15) is 9.59 Å². The molecule has 0 saturated heterocycles. The minimum Gasteiger partial charge on any atom is -0.497 e. The van der Waals surface area contributed by atoms with Gasteiger partial charge in [-0.15, -0.1) is 11.0 Å². The van der Waals surface area contributed by atoms with Gasteiger partial charge in [-0.3, -0.25) is 9.36 Å². The van der Waals surface area contributed by atoms with Crippen LogP contribution in [0.5, 0.6) is 5.75 Å². The van der Waals surface area contributed by atoms with E-state index in [1.807, 2.05) is 0 Å². The van der Waals surface area contributed by atoms with E-state index in [2.05, 4.69) is 16.9 Å². The van der Waals surface area contributed by atoms with Crippen molar-refractivity contribution in [2.24, 2.45) is 0 Å². The fraction of sp³-hybridized carbons (Fsp3) is 0.188. The monoisotopic (exact) mass is 310 g/mol. The molecule has 0 fully saturated rings. The topological polar surface area (TPSA) is 70.5 Å². The first-order valence-corrected chi connectivity index (χ1v) is 6.90. The number of nitrogens with zero attached hydrogens (tertiary/aromatic N) is 4. The third-order valence-electron chi connectivity index (χ3n) is 3.40. The third-order valence-corrected chi connectivity index (χ3v) is 3.40. The van der Waals surface area contributed by atoms with Crippen molar-refractivity contribution in [2.45, 2.75) is 13.5 Å². The molecule has 0 saturated carbocycles. The molecule has 0 N–H and O–H groups in total. The number of fused-ring (bicyclic) bond motifs is 1. The Kier molecular flexibility index (Phi) is 3.73. The van der Waals surface area contributed by atoms with Crippen molar-refractivity contribution in [1.29, 1.82) is 0 Å². The standard InChI is InChI=1S/C16H14N4O3/c1-3-4-9-20-16(22)19-11-10-18(15(21)14(19)17-20)12-5-7-13(23-2)8-6-12/h5-8,10-11H,9H2,1-2H3. The van der Waals surface area contributed by atoms with Crippen LogP contribution in [-0.2, 0) is 6.54 Å². The summed E-state index contributed by atoms with van der Waals surface area (Å²) >= 11 is 0. The first-order valence-electron chi connectivity index (χ1n) is 6.90. The van der Waals surface area contributed by atoms with Gasteiger partial charge in [0.05, 0.1) is 7.11 Å². The van der Waals surface area contributed by atoms with Crippen LogP contribution in [-0.4, -0.2) is 25.9 Å². The van der Waals surface area contributed by atoms with Crippen LogP contribution in [0.25, 0.3) is 11.3 Å². The number of methoxy groups -OCH3 is 1. The molecule has 23 heavy (non-hydrogen) atoms. The Balaban J connectivity index is 2.16. The molecule has 0 aliphatic heterocycles. The molecule has 0 unspecified atom stereocenters. The van der Waals surface area contributed by atoms with Crippen molar-refractivity contribution >= 4 is 5.65 Å². The lowest BCUT2D eigenvalue weighted by Crippen LogP contribution is -2.24. The average Bonchev–Trinajstić information content (AvgIpc) is 2.91. The Hall–Kier alpha value is -3.27. The Morgan fingerprint density at radius 1 is 1.17 bits per heavy atom. The first-order chi connectivity index (χ1) is 11.2.